The molecule has 4 nitrogen and oxygen atoms in total. The van der Waals surface area contributed by atoms with Crippen LogP contribution in [0, 0.1) is 5.92 Å². The molecule has 1 fully saturated rings. The molecule has 1 aliphatic heterocycles. The van der Waals surface area contributed by atoms with E-state index in [2.05, 4.69) is 27.4 Å². The SMILES string of the molecule is O=C(O)CC(c1ccccc1)C1CCN(Cc2cscn2)CC1. The van der Waals surface area contributed by atoms with E-state index >= 15 is 0 Å². The molecule has 5 heteroatoms. The lowest BCUT2D eigenvalue weighted by Crippen LogP contribution is -2.35. The number of aromatic nitrogens is 1. The molecule has 2 heterocycles. The van der Waals surface area contributed by atoms with Crippen LogP contribution in [0.25, 0.3) is 0 Å². The van der Waals surface area contributed by atoms with Crippen molar-refractivity contribution in [1.29, 1.82) is 0 Å². The van der Waals surface area contributed by atoms with E-state index in [0.717, 1.165) is 43.7 Å². The smallest absolute Gasteiger partial charge is 0.303 e. The predicted octanol–water partition coefficient (Wildman–Crippen LogP) is 3.61. The number of nitrogens with zero attached hydrogens (tertiary/aromatic N) is 2. The normalized spacial score (nSPS) is 17.9. The highest BCUT2D eigenvalue weighted by Crippen LogP contribution is 2.35. The van der Waals surface area contributed by atoms with Crippen molar-refractivity contribution in [3.63, 3.8) is 0 Å². The molecule has 1 atom stereocenters. The number of hydrogen-bond acceptors (Lipinski definition) is 4. The van der Waals surface area contributed by atoms with Crippen LogP contribution < -0.4 is 0 Å². The summed E-state index contributed by atoms with van der Waals surface area (Å²) >= 11 is 1.63. The third-order valence-electron chi connectivity index (χ3n) is 4.69. The van der Waals surface area contributed by atoms with Gasteiger partial charge in [0, 0.05) is 11.9 Å². The number of piperidine rings is 1. The molecule has 0 radical (unpaired) electrons. The average Bonchev–Trinajstić information content (AvgIpc) is 3.07. The zero-order chi connectivity index (χ0) is 16.1. The first-order chi connectivity index (χ1) is 11.2. The van der Waals surface area contributed by atoms with E-state index < -0.39 is 5.97 Å². The Morgan fingerprint density at radius 1 is 1.30 bits per heavy atom. The van der Waals surface area contributed by atoms with Gasteiger partial charge in [0.1, 0.15) is 0 Å². The van der Waals surface area contributed by atoms with Crippen LogP contribution in [0.2, 0.25) is 0 Å². The molecule has 122 valence electrons. The van der Waals surface area contributed by atoms with Crippen LogP contribution in [0.3, 0.4) is 0 Å². The molecular formula is C18H22N2O2S. The van der Waals surface area contributed by atoms with E-state index in [1.54, 1.807) is 11.3 Å². The lowest BCUT2D eigenvalue weighted by molar-refractivity contribution is -0.137. The monoisotopic (exact) mass is 330 g/mol. The van der Waals surface area contributed by atoms with Crippen molar-refractivity contribution in [2.45, 2.75) is 31.7 Å². The Morgan fingerprint density at radius 3 is 2.65 bits per heavy atom. The molecule has 1 aromatic heterocycles. The highest BCUT2D eigenvalue weighted by molar-refractivity contribution is 7.07. The quantitative estimate of drug-likeness (QED) is 0.879. The van der Waals surface area contributed by atoms with Gasteiger partial charge in [0.2, 0.25) is 0 Å². The maximum absolute atomic E-state index is 11.3. The highest BCUT2D eigenvalue weighted by Gasteiger charge is 2.29. The molecule has 1 unspecified atom stereocenters. The van der Waals surface area contributed by atoms with E-state index in [0.29, 0.717) is 5.92 Å². The van der Waals surface area contributed by atoms with Crippen molar-refractivity contribution < 1.29 is 9.90 Å². The summed E-state index contributed by atoms with van der Waals surface area (Å²) in [5.74, 6) is -0.140. The molecular weight excluding hydrogens is 308 g/mol. The van der Waals surface area contributed by atoms with Crippen LogP contribution in [0.4, 0.5) is 0 Å². The number of aliphatic carboxylic acids is 1. The summed E-state index contributed by atoms with van der Waals surface area (Å²) < 4.78 is 0. The summed E-state index contributed by atoms with van der Waals surface area (Å²) in [7, 11) is 0. The van der Waals surface area contributed by atoms with Gasteiger partial charge in [-0.2, -0.15) is 0 Å². The van der Waals surface area contributed by atoms with E-state index in [1.165, 1.54) is 0 Å². The van der Waals surface area contributed by atoms with Gasteiger partial charge < -0.3 is 5.11 Å². The summed E-state index contributed by atoms with van der Waals surface area (Å²) in [6.45, 7) is 2.95. The van der Waals surface area contributed by atoms with Crippen LogP contribution in [0.1, 0.15) is 36.4 Å². The average molecular weight is 330 g/mol. The van der Waals surface area contributed by atoms with Crippen molar-refractivity contribution in [2.24, 2.45) is 5.92 Å². The Hall–Kier alpha value is -1.72. The lowest BCUT2D eigenvalue weighted by atomic mass is 9.78. The number of carbonyl (C=O) groups is 1. The third kappa shape index (κ3) is 4.39. The van der Waals surface area contributed by atoms with Gasteiger partial charge in [-0.3, -0.25) is 9.69 Å². The second kappa shape index (κ2) is 7.70. The summed E-state index contributed by atoms with van der Waals surface area (Å²) in [5, 5.41) is 11.4. The van der Waals surface area contributed by atoms with Gasteiger partial charge in [0.05, 0.1) is 17.6 Å². The number of carboxylic acid groups (broad SMARTS) is 1. The molecule has 1 N–H and O–H groups in total. The van der Waals surface area contributed by atoms with Gasteiger partial charge in [-0.25, -0.2) is 4.98 Å². The zero-order valence-corrected chi connectivity index (χ0v) is 13.9. The topological polar surface area (TPSA) is 53.4 Å². The van der Waals surface area contributed by atoms with E-state index in [9.17, 15) is 9.90 Å². The summed E-state index contributed by atoms with van der Waals surface area (Å²) in [6.07, 6.45) is 2.33. The minimum atomic E-state index is -0.705. The lowest BCUT2D eigenvalue weighted by Gasteiger charge is -2.35. The molecule has 2 aromatic rings. The van der Waals surface area contributed by atoms with Gasteiger partial charge >= 0.3 is 5.97 Å². The fourth-order valence-corrected chi connectivity index (χ4v) is 4.05. The number of carboxylic acids is 1. The van der Waals surface area contributed by atoms with Crippen LogP contribution in [0.5, 0.6) is 0 Å². The van der Waals surface area contributed by atoms with Crippen molar-refractivity contribution >= 4 is 17.3 Å². The van der Waals surface area contributed by atoms with Crippen molar-refractivity contribution in [1.82, 2.24) is 9.88 Å². The van der Waals surface area contributed by atoms with Crippen molar-refractivity contribution in [3.8, 4) is 0 Å². The minimum Gasteiger partial charge on any atom is -0.481 e. The summed E-state index contributed by atoms with van der Waals surface area (Å²) in [6, 6.07) is 10.1. The minimum absolute atomic E-state index is 0.120. The van der Waals surface area contributed by atoms with Crippen LogP contribution >= 0.6 is 11.3 Å². The Morgan fingerprint density at radius 2 is 2.04 bits per heavy atom. The number of rotatable bonds is 6. The first-order valence-corrected chi connectivity index (χ1v) is 9.03. The second-order valence-corrected chi connectivity index (χ2v) is 6.93. The Labute approximate surface area is 140 Å². The maximum Gasteiger partial charge on any atom is 0.303 e. The largest absolute Gasteiger partial charge is 0.481 e. The summed E-state index contributed by atoms with van der Waals surface area (Å²) in [4.78, 5) is 18.1. The van der Waals surface area contributed by atoms with Gasteiger partial charge in [-0.15, -0.1) is 11.3 Å². The fraction of sp³-hybridized carbons (Fsp3) is 0.444. The third-order valence-corrected chi connectivity index (χ3v) is 5.33. The highest BCUT2D eigenvalue weighted by atomic mass is 32.1. The van der Waals surface area contributed by atoms with Gasteiger partial charge in [-0.1, -0.05) is 30.3 Å². The van der Waals surface area contributed by atoms with E-state index in [4.69, 9.17) is 0 Å². The maximum atomic E-state index is 11.3. The molecule has 0 bridgehead atoms. The molecule has 1 aliphatic rings. The van der Waals surface area contributed by atoms with Gasteiger partial charge in [-0.05, 0) is 43.3 Å². The predicted molar refractivity (Wildman–Crippen MR) is 91.6 cm³/mol. The van der Waals surface area contributed by atoms with Crippen molar-refractivity contribution in [3.05, 3.63) is 52.5 Å². The van der Waals surface area contributed by atoms with Crippen LogP contribution in [-0.4, -0.2) is 34.0 Å². The Kier molecular flexibility index (Phi) is 5.41. The summed E-state index contributed by atoms with van der Waals surface area (Å²) in [5.41, 5.74) is 4.17. The number of likely N-dealkylation sites (tertiary alicyclic amines) is 1. The molecule has 0 spiro atoms. The number of hydrogen-bond donors (Lipinski definition) is 1. The standard InChI is InChI=1S/C18H22N2O2S/c21-18(22)10-17(14-4-2-1-3-5-14)15-6-8-20(9-7-15)11-16-12-23-13-19-16/h1-5,12-13,15,17H,6-11H2,(H,21,22). The molecule has 23 heavy (non-hydrogen) atoms. The fourth-order valence-electron chi connectivity index (χ4n) is 3.50. The van der Waals surface area contributed by atoms with Crippen molar-refractivity contribution in [2.75, 3.05) is 13.1 Å². The van der Waals surface area contributed by atoms with Gasteiger partial charge in [0.25, 0.3) is 0 Å². The van der Waals surface area contributed by atoms with E-state index in [-0.39, 0.29) is 12.3 Å². The second-order valence-electron chi connectivity index (χ2n) is 6.21. The Balaban J connectivity index is 1.62. The van der Waals surface area contributed by atoms with Crippen LogP contribution in [-0.2, 0) is 11.3 Å². The molecule has 3 rings (SSSR count). The molecule has 0 amide bonds. The first-order valence-electron chi connectivity index (χ1n) is 8.08. The molecule has 1 aromatic carbocycles. The van der Waals surface area contributed by atoms with Gasteiger partial charge in [0.15, 0.2) is 0 Å². The zero-order valence-electron chi connectivity index (χ0n) is 13.1. The first kappa shape index (κ1) is 16.1. The van der Waals surface area contributed by atoms with Crippen LogP contribution in [0.15, 0.2) is 41.2 Å². The Bertz CT molecular complexity index is 607. The number of thiazole rings is 1. The molecule has 0 saturated carbocycles. The molecule has 0 aliphatic carbocycles. The molecule has 1 saturated heterocycles. The van der Waals surface area contributed by atoms with E-state index in [1.807, 2.05) is 23.7 Å². The number of benzene rings is 1.